The van der Waals surface area contributed by atoms with Crippen LogP contribution in [0.3, 0.4) is 0 Å². The first-order valence-corrected chi connectivity index (χ1v) is 10.4. The SMILES string of the molecule is C=CC(=O)NOC(=O)CCCCCCCCCCC(O)CCCCCC. The van der Waals surface area contributed by atoms with Crippen molar-refractivity contribution in [2.24, 2.45) is 0 Å². The Balaban J connectivity index is 3.27. The molecule has 0 aromatic carbocycles. The van der Waals surface area contributed by atoms with Gasteiger partial charge < -0.3 is 9.94 Å². The molecule has 0 saturated heterocycles. The minimum Gasteiger partial charge on any atom is -0.393 e. The van der Waals surface area contributed by atoms with E-state index >= 15 is 0 Å². The van der Waals surface area contributed by atoms with Gasteiger partial charge in [0.15, 0.2) is 0 Å². The van der Waals surface area contributed by atoms with Crippen LogP contribution in [0.4, 0.5) is 0 Å². The second-order valence-electron chi connectivity index (χ2n) is 7.01. The summed E-state index contributed by atoms with van der Waals surface area (Å²) in [7, 11) is 0. The smallest absolute Gasteiger partial charge is 0.332 e. The fourth-order valence-corrected chi connectivity index (χ4v) is 2.86. The van der Waals surface area contributed by atoms with Gasteiger partial charge in [-0.1, -0.05) is 84.1 Å². The van der Waals surface area contributed by atoms with Gasteiger partial charge in [-0.15, -0.1) is 0 Å². The van der Waals surface area contributed by atoms with Crippen molar-refractivity contribution in [2.45, 2.75) is 109 Å². The molecule has 152 valence electrons. The molecule has 0 bridgehead atoms. The molecule has 1 unspecified atom stereocenters. The van der Waals surface area contributed by atoms with Crippen LogP contribution in [0.15, 0.2) is 12.7 Å². The standard InChI is InChI=1S/C21H39NO4/c1-3-5-6-13-16-19(23)17-14-11-9-7-8-10-12-15-18-21(25)26-22-20(24)4-2/h4,19,23H,2-3,5-18H2,1H3,(H,22,24). The molecule has 0 heterocycles. The average Bonchev–Trinajstić information content (AvgIpc) is 2.64. The predicted octanol–water partition coefficient (Wildman–Crippen LogP) is 4.98. The maximum absolute atomic E-state index is 11.3. The molecule has 0 aliphatic carbocycles. The Hall–Kier alpha value is -1.36. The number of amides is 1. The van der Waals surface area contributed by atoms with Gasteiger partial charge in [0.1, 0.15) is 0 Å². The fraction of sp³-hybridized carbons (Fsp3) is 0.810. The van der Waals surface area contributed by atoms with Crippen molar-refractivity contribution in [3.05, 3.63) is 12.7 Å². The zero-order valence-electron chi connectivity index (χ0n) is 16.6. The number of aliphatic hydroxyl groups is 1. The molecule has 0 saturated carbocycles. The summed E-state index contributed by atoms with van der Waals surface area (Å²) in [5.74, 6) is -0.921. The van der Waals surface area contributed by atoms with Crippen LogP contribution in [-0.4, -0.2) is 23.1 Å². The van der Waals surface area contributed by atoms with E-state index in [0.29, 0.717) is 6.42 Å². The largest absolute Gasteiger partial charge is 0.393 e. The minimum absolute atomic E-state index is 0.108. The summed E-state index contributed by atoms with van der Waals surface area (Å²) in [5, 5.41) is 9.91. The maximum Gasteiger partial charge on any atom is 0.332 e. The summed E-state index contributed by atoms with van der Waals surface area (Å²) in [4.78, 5) is 26.8. The first-order chi connectivity index (χ1) is 12.6. The van der Waals surface area contributed by atoms with Crippen LogP contribution in [0, 0.1) is 0 Å². The second kappa shape index (κ2) is 18.4. The minimum atomic E-state index is -0.512. The topological polar surface area (TPSA) is 75.6 Å². The quantitative estimate of drug-likeness (QED) is 0.215. The Kier molecular flexibility index (Phi) is 17.5. The van der Waals surface area contributed by atoms with Crippen molar-refractivity contribution in [2.75, 3.05) is 0 Å². The third-order valence-electron chi connectivity index (χ3n) is 4.51. The van der Waals surface area contributed by atoms with Crippen molar-refractivity contribution in [3.8, 4) is 0 Å². The summed E-state index contributed by atoms with van der Waals surface area (Å²) in [6.45, 7) is 5.48. The van der Waals surface area contributed by atoms with Crippen LogP contribution < -0.4 is 5.48 Å². The summed E-state index contributed by atoms with van der Waals surface area (Å²) in [6, 6.07) is 0. The number of hydrogen-bond acceptors (Lipinski definition) is 4. The summed E-state index contributed by atoms with van der Waals surface area (Å²) >= 11 is 0. The molecule has 5 nitrogen and oxygen atoms in total. The van der Waals surface area contributed by atoms with Crippen molar-refractivity contribution >= 4 is 11.9 Å². The molecule has 0 aliphatic heterocycles. The van der Waals surface area contributed by atoms with E-state index < -0.39 is 11.9 Å². The first-order valence-electron chi connectivity index (χ1n) is 10.4. The van der Waals surface area contributed by atoms with Crippen LogP contribution in [0.25, 0.3) is 0 Å². The average molecular weight is 370 g/mol. The highest BCUT2D eigenvalue weighted by atomic mass is 16.7. The van der Waals surface area contributed by atoms with Gasteiger partial charge in [-0.3, -0.25) is 4.79 Å². The van der Waals surface area contributed by atoms with Gasteiger partial charge >= 0.3 is 5.97 Å². The van der Waals surface area contributed by atoms with Crippen LogP contribution in [0.5, 0.6) is 0 Å². The molecule has 0 fully saturated rings. The Morgan fingerprint density at radius 1 is 0.923 bits per heavy atom. The number of carbonyl (C=O) groups is 2. The van der Waals surface area contributed by atoms with Crippen LogP contribution >= 0.6 is 0 Å². The van der Waals surface area contributed by atoms with E-state index in [4.69, 9.17) is 0 Å². The maximum atomic E-state index is 11.3. The van der Waals surface area contributed by atoms with E-state index in [1.807, 2.05) is 5.48 Å². The van der Waals surface area contributed by atoms with Crippen LogP contribution in [0.2, 0.25) is 0 Å². The molecule has 0 radical (unpaired) electrons. The van der Waals surface area contributed by atoms with Crippen LogP contribution in [-0.2, 0) is 14.4 Å². The summed E-state index contributed by atoms with van der Waals surface area (Å²) < 4.78 is 0. The Morgan fingerprint density at radius 2 is 1.42 bits per heavy atom. The molecule has 0 aromatic rings. The Bertz CT molecular complexity index is 371. The van der Waals surface area contributed by atoms with E-state index in [0.717, 1.165) is 51.0 Å². The molecule has 26 heavy (non-hydrogen) atoms. The predicted molar refractivity (Wildman–Crippen MR) is 105 cm³/mol. The van der Waals surface area contributed by atoms with Gasteiger partial charge in [-0.25, -0.2) is 4.79 Å². The summed E-state index contributed by atoms with van der Waals surface area (Å²) in [5.41, 5.74) is 2.01. The summed E-state index contributed by atoms with van der Waals surface area (Å²) in [6.07, 6.45) is 16.9. The molecule has 0 aliphatic rings. The third-order valence-corrected chi connectivity index (χ3v) is 4.51. The highest BCUT2D eigenvalue weighted by Crippen LogP contribution is 2.14. The van der Waals surface area contributed by atoms with E-state index in [-0.39, 0.29) is 6.10 Å². The van der Waals surface area contributed by atoms with E-state index in [2.05, 4.69) is 18.3 Å². The number of rotatable bonds is 17. The number of aliphatic hydroxyl groups excluding tert-OH is 1. The molecule has 5 heteroatoms. The molecular formula is C21H39NO4. The van der Waals surface area contributed by atoms with E-state index in [1.165, 1.54) is 44.9 Å². The van der Waals surface area contributed by atoms with Crippen molar-refractivity contribution in [3.63, 3.8) is 0 Å². The Morgan fingerprint density at radius 3 is 1.96 bits per heavy atom. The number of carbonyl (C=O) groups excluding carboxylic acids is 2. The molecule has 0 aromatic heterocycles. The van der Waals surface area contributed by atoms with E-state index in [1.54, 1.807) is 0 Å². The lowest BCUT2D eigenvalue weighted by Gasteiger charge is -2.10. The lowest BCUT2D eigenvalue weighted by molar-refractivity contribution is -0.156. The highest BCUT2D eigenvalue weighted by molar-refractivity contribution is 5.87. The van der Waals surface area contributed by atoms with Gasteiger partial charge in [-0.05, 0) is 25.3 Å². The molecule has 1 atom stereocenters. The van der Waals surface area contributed by atoms with Crippen molar-refractivity contribution in [1.29, 1.82) is 0 Å². The number of unbranched alkanes of at least 4 members (excludes halogenated alkanes) is 10. The van der Waals surface area contributed by atoms with Crippen molar-refractivity contribution < 1.29 is 19.5 Å². The zero-order chi connectivity index (χ0) is 19.5. The lowest BCUT2D eigenvalue weighted by Crippen LogP contribution is -2.24. The molecule has 0 spiro atoms. The fourth-order valence-electron chi connectivity index (χ4n) is 2.86. The van der Waals surface area contributed by atoms with E-state index in [9.17, 15) is 14.7 Å². The number of hydrogen-bond donors (Lipinski definition) is 2. The van der Waals surface area contributed by atoms with Crippen molar-refractivity contribution in [1.82, 2.24) is 5.48 Å². The zero-order valence-corrected chi connectivity index (χ0v) is 16.6. The van der Waals surface area contributed by atoms with Gasteiger partial charge in [0.25, 0.3) is 5.91 Å². The third kappa shape index (κ3) is 17.5. The highest BCUT2D eigenvalue weighted by Gasteiger charge is 2.05. The van der Waals surface area contributed by atoms with Gasteiger partial charge in [0.2, 0.25) is 0 Å². The normalized spacial score (nSPS) is 11.8. The molecule has 2 N–H and O–H groups in total. The number of hydroxylamine groups is 1. The first kappa shape index (κ1) is 24.6. The number of nitrogens with one attached hydrogen (secondary N) is 1. The molecular weight excluding hydrogens is 330 g/mol. The molecule has 1 amide bonds. The Labute approximate surface area is 159 Å². The molecule has 0 rings (SSSR count). The van der Waals surface area contributed by atoms with Gasteiger partial charge in [-0.2, -0.15) is 5.48 Å². The van der Waals surface area contributed by atoms with Gasteiger partial charge in [0, 0.05) is 6.42 Å². The second-order valence-corrected chi connectivity index (χ2v) is 7.01. The monoisotopic (exact) mass is 369 g/mol. The van der Waals surface area contributed by atoms with Gasteiger partial charge in [0.05, 0.1) is 6.10 Å². The lowest BCUT2D eigenvalue weighted by atomic mass is 10.0. The van der Waals surface area contributed by atoms with Crippen LogP contribution in [0.1, 0.15) is 103 Å².